The van der Waals surface area contributed by atoms with Crippen molar-refractivity contribution in [1.82, 2.24) is 4.98 Å². The Kier molecular flexibility index (Phi) is 6.80. The predicted molar refractivity (Wildman–Crippen MR) is 114 cm³/mol. The lowest BCUT2D eigenvalue weighted by Gasteiger charge is -2.11. The molecule has 0 saturated heterocycles. The highest BCUT2D eigenvalue weighted by molar-refractivity contribution is 6.06. The van der Waals surface area contributed by atoms with Crippen LogP contribution in [0.3, 0.4) is 0 Å². The Morgan fingerprint density at radius 2 is 1.97 bits per heavy atom. The van der Waals surface area contributed by atoms with Crippen molar-refractivity contribution in [3.05, 3.63) is 65.6 Å². The van der Waals surface area contributed by atoms with Crippen LogP contribution in [0, 0.1) is 24.6 Å². The van der Waals surface area contributed by atoms with Gasteiger partial charge in [0.2, 0.25) is 0 Å². The first-order valence-electron chi connectivity index (χ1n) is 9.64. The van der Waals surface area contributed by atoms with Gasteiger partial charge in [-0.25, -0.2) is 4.39 Å². The molecule has 29 heavy (non-hydrogen) atoms. The number of nitrogens with one attached hydrogen (secondary N) is 1. The predicted octanol–water partition coefficient (Wildman–Crippen LogP) is 5.51. The first kappa shape index (κ1) is 20.3. The van der Waals surface area contributed by atoms with Gasteiger partial charge < -0.3 is 10.1 Å². The minimum Gasteiger partial charge on any atom is -0.489 e. The molecule has 0 aliphatic carbocycles. The third-order valence-electron chi connectivity index (χ3n) is 4.29. The molecule has 3 aromatic rings. The fraction of sp³-hybridized carbons (Fsp3) is 0.250. The smallest absolute Gasteiger partial charge is 0.255 e. The van der Waals surface area contributed by atoms with Crippen LogP contribution in [0.4, 0.5) is 10.1 Å². The van der Waals surface area contributed by atoms with Crippen LogP contribution < -0.4 is 10.1 Å². The molecule has 1 amide bonds. The number of carbonyl (C=O) groups excluding carboxylic acids is 1. The molecule has 1 heterocycles. The summed E-state index contributed by atoms with van der Waals surface area (Å²) in [4.78, 5) is 17.0. The first-order chi connectivity index (χ1) is 14.1. The maximum Gasteiger partial charge on any atom is 0.255 e. The fourth-order valence-corrected chi connectivity index (χ4v) is 2.80. The van der Waals surface area contributed by atoms with Crippen molar-refractivity contribution in [3.63, 3.8) is 0 Å². The number of unbranched alkanes of at least 4 members (excludes halogenated alkanes) is 1. The maximum absolute atomic E-state index is 14.7. The molecule has 0 unspecified atom stereocenters. The van der Waals surface area contributed by atoms with Crippen molar-refractivity contribution in [2.45, 2.75) is 33.1 Å². The fourth-order valence-electron chi connectivity index (χ4n) is 2.80. The van der Waals surface area contributed by atoms with Gasteiger partial charge in [-0.2, -0.15) is 0 Å². The van der Waals surface area contributed by atoms with E-state index in [2.05, 4.69) is 29.1 Å². The van der Waals surface area contributed by atoms with Crippen LogP contribution in [0.1, 0.15) is 42.2 Å². The van der Waals surface area contributed by atoms with E-state index in [1.54, 1.807) is 24.3 Å². The Bertz CT molecular complexity index is 1080. The zero-order valence-electron chi connectivity index (χ0n) is 16.6. The number of aromatic nitrogens is 1. The number of hydrogen-bond acceptors (Lipinski definition) is 3. The van der Waals surface area contributed by atoms with Gasteiger partial charge in [0.25, 0.3) is 5.91 Å². The molecule has 2 aromatic carbocycles. The zero-order valence-corrected chi connectivity index (χ0v) is 16.6. The molecule has 5 heteroatoms. The van der Waals surface area contributed by atoms with E-state index < -0.39 is 11.7 Å². The summed E-state index contributed by atoms with van der Waals surface area (Å²) in [5, 5.41) is 3.47. The summed E-state index contributed by atoms with van der Waals surface area (Å²) in [6, 6.07) is 13.7. The summed E-state index contributed by atoms with van der Waals surface area (Å²) in [6.07, 6.45) is 2.39. The van der Waals surface area contributed by atoms with E-state index in [9.17, 15) is 9.18 Å². The number of amides is 1. The lowest BCUT2D eigenvalue weighted by molar-refractivity contribution is 0.102. The standard InChI is InChI=1S/C24H23FN2O2/c1-3-4-5-6-7-15-29-22-10-8-9-21(23(22)25)27-24(28)19-13-14-20-18(16-19)12-11-17(2)26-20/h8-14,16H,3-4,7,15H2,1-2H3,(H,27,28). The van der Waals surface area contributed by atoms with Gasteiger partial charge in [-0.1, -0.05) is 25.0 Å². The Morgan fingerprint density at radius 3 is 2.79 bits per heavy atom. The molecule has 0 bridgehead atoms. The zero-order chi connectivity index (χ0) is 20.6. The number of carbonyl (C=O) groups is 1. The number of pyridine rings is 1. The van der Waals surface area contributed by atoms with Crippen LogP contribution in [0.25, 0.3) is 10.9 Å². The van der Waals surface area contributed by atoms with Crippen molar-refractivity contribution in [1.29, 1.82) is 0 Å². The molecule has 1 aromatic heterocycles. The van der Waals surface area contributed by atoms with E-state index in [1.165, 1.54) is 12.1 Å². The number of ether oxygens (including phenoxy) is 1. The quantitative estimate of drug-likeness (QED) is 0.446. The average molecular weight is 390 g/mol. The lowest BCUT2D eigenvalue weighted by Crippen LogP contribution is -2.13. The number of fused-ring (bicyclic) bond motifs is 1. The van der Waals surface area contributed by atoms with Crippen LogP contribution in [0.5, 0.6) is 5.75 Å². The molecule has 0 saturated carbocycles. The van der Waals surface area contributed by atoms with Crippen LogP contribution in [0.2, 0.25) is 0 Å². The summed E-state index contributed by atoms with van der Waals surface area (Å²) >= 11 is 0. The number of benzene rings is 2. The van der Waals surface area contributed by atoms with Gasteiger partial charge >= 0.3 is 0 Å². The van der Waals surface area contributed by atoms with E-state index in [4.69, 9.17) is 4.74 Å². The Balaban J connectivity index is 1.69. The summed E-state index contributed by atoms with van der Waals surface area (Å²) in [5.41, 5.74) is 2.22. The highest BCUT2D eigenvalue weighted by Crippen LogP contribution is 2.25. The van der Waals surface area contributed by atoms with E-state index in [0.29, 0.717) is 18.6 Å². The Hall–Kier alpha value is -3.39. The Labute approximate surface area is 170 Å². The molecule has 0 atom stereocenters. The van der Waals surface area contributed by atoms with E-state index in [1.807, 2.05) is 19.1 Å². The Morgan fingerprint density at radius 1 is 1.14 bits per heavy atom. The highest BCUT2D eigenvalue weighted by Gasteiger charge is 2.13. The number of nitrogens with zero attached hydrogens (tertiary/aromatic N) is 1. The third-order valence-corrected chi connectivity index (χ3v) is 4.29. The second kappa shape index (κ2) is 9.70. The van der Waals surface area contributed by atoms with Crippen molar-refractivity contribution < 1.29 is 13.9 Å². The van der Waals surface area contributed by atoms with Gasteiger partial charge in [-0.05, 0) is 49.7 Å². The van der Waals surface area contributed by atoms with E-state index in [0.717, 1.165) is 29.4 Å². The molecular weight excluding hydrogens is 367 g/mol. The van der Waals surface area contributed by atoms with Gasteiger partial charge in [-0.3, -0.25) is 9.78 Å². The minimum atomic E-state index is -0.597. The molecule has 4 nitrogen and oxygen atoms in total. The molecular formula is C24H23FN2O2. The van der Waals surface area contributed by atoms with Crippen LogP contribution in [-0.2, 0) is 0 Å². The normalized spacial score (nSPS) is 10.3. The van der Waals surface area contributed by atoms with Crippen LogP contribution >= 0.6 is 0 Å². The number of aryl methyl sites for hydroxylation is 1. The summed E-state index contributed by atoms with van der Waals surface area (Å²) in [6.45, 7) is 4.27. The second-order valence-electron chi connectivity index (χ2n) is 6.63. The molecule has 0 spiro atoms. The van der Waals surface area contributed by atoms with Crippen molar-refractivity contribution >= 4 is 22.5 Å². The highest BCUT2D eigenvalue weighted by atomic mass is 19.1. The van der Waals surface area contributed by atoms with Gasteiger partial charge in [0.15, 0.2) is 11.6 Å². The van der Waals surface area contributed by atoms with Crippen molar-refractivity contribution in [3.8, 4) is 17.6 Å². The summed E-state index contributed by atoms with van der Waals surface area (Å²) in [5.74, 6) is 5.12. The lowest BCUT2D eigenvalue weighted by atomic mass is 10.1. The van der Waals surface area contributed by atoms with Gasteiger partial charge in [0.1, 0.15) is 0 Å². The molecule has 0 aliphatic heterocycles. The summed E-state index contributed by atoms with van der Waals surface area (Å²) < 4.78 is 20.2. The van der Waals surface area contributed by atoms with Crippen LogP contribution in [0.15, 0.2) is 48.5 Å². The first-order valence-corrected chi connectivity index (χ1v) is 9.64. The number of hydrogen-bond donors (Lipinski definition) is 1. The maximum atomic E-state index is 14.7. The van der Waals surface area contributed by atoms with Crippen LogP contribution in [-0.4, -0.2) is 17.5 Å². The number of rotatable bonds is 6. The molecule has 3 rings (SSSR count). The van der Waals surface area contributed by atoms with Crippen molar-refractivity contribution in [2.24, 2.45) is 0 Å². The van der Waals surface area contributed by atoms with Gasteiger partial charge in [0, 0.05) is 29.5 Å². The average Bonchev–Trinajstić information content (AvgIpc) is 2.72. The molecule has 0 fully saturated rings. The summed E-state index contributed by atoms with van der Waals surface area (Å²) in [7, 11) is 0. The molecule has 1 N–H and O–H groups in total. The number of anilines is 1. The van der Waals surface area contributed by atoms with Crippen molar-refractivity contribution in [2.75, 3.05) is 11.9 Å². The van der Waals surface area contributed by atoms with Gasteiger partial charge in [0.05, 0.1) is 17.8 Å². The minimum absolute atomic E-state index is 0.0756. The number of halogens is 1. The van der Waals surface area contributed by atoms with E-state index in [-0.39, 0.29) is 11.4 Å². The molecule has 148 valence electrons. The third kappa shape index (κ3) is 5.32. The topological polar surface area (TPSA) is 51.2 Å². The second-order valence-corrected chi connectivity index (χ2v) is 6.63. The molecule has 0 aliphatic rings. The van der Waals surface area contributed by atoms with E-state index >= 15 is 0 Å². The molecule has 0 radical (unpaired) electrons. The SMILES string of the molecule is CCCC#CCCOc1cccc(NC(=O)c2ccc3nc(C)ccc3c2)c1F. The largest absolute Gasteiger partial charge is 0.489 e. The monoisotopic (exact) mass is 390 g/mol. The van der Waals surface area contributed by atoms with Gasteiger partial charge in [-0.15, -0.1) is 5.92 Å².